The van der Waals surface area contributed by atoms with Crippen LogP contribution in [-0.2, 0) is 64.9 Å². The van der Waals surface area contributed by atoms with E-state index in [-0.39, 0.29) is 50.5 Å². The zero-order chi connectivity index (χ0) is 44.4. The number of fused-ring (bicyclic) bond motifs is 2. The summed E-state index contributed by atoms with van der Waals surface area (Å²) < 4.78 is 129. The molecule has 2 aromatic carbocycles. The molecule has 60 heavy (non-hydrogen) atoms. The minimum Gasteiger partial charge on any atom is -0.744 e. The summed E-state index contributed by atoms with van der Waals surface area (Å²) in [5, 5.41) is 9.17. The molecule has 2 aromatic rings. The SMILES string of the molecule is COCCOCCOCCN1/C(=C/C=C/C2=[N+](CCCCCC(=O)O)c3ccc(S(=O)(=O)O)cc3C2(C)CCOC)C(C)(CCCS(=O)(=O)O)c2cc(S(=O)(=O)[O-])ccc21. The van der Waals surface area contributed by atoms with Crippen LogP contribution in [0.5, 0.6) is 0 Å². The van der Waals surface area contributed by atoms with Crippen molar-refractivity contribution in [2.75, 3.05) is 77.6 Å². The Hall–Kier alpha value is -3.57. The van der Waals surface area contributed by atoms with Crippen LogP contribution in [0.2, 0.25) is 0 Å². The summed E-state index contributed by atoms with van der Waals surface area (Å²) in [7, 11) is -10.7. The second-order valence-electron chi connectivity index (χ2n) is 15.1. The van der Waals surface area contributed by atoms with Gasteiger partial charge in [-0.3, -0.25) is 13.9 Å². The minimum absolute atomic E-state index is 0.0130. The lowest BCUT2D eigenvalue weighted by atomic mass is 9.76. The molecule has 2 unspecified atom stereocenters. The smallest absolute Gasteiger partial charge is 0.303 e. The van der Waals surface area contributed by atoms with Crippen LogP contribution in [0.25, 0.3) is 0 Å². The van der Waals surface area contributed by atoms with E-state index in [0.717, 1.165) is 5.71 Å². The van der Waals surface area contributed by atoms with E-state index in [1.807, 2.05) is 35.5 Å². The third kappa shape index (κ3) is 12.5. The van der Waals surface area contributed by atoms with E-state index in [9.17, 15) is 48.8 Å². The van der Waals surface area contributed by atoms with Gasteiger partial charge in [0.25, 0.3) is 20.2 Å². The lowest BCUT2D eigenvalue weighted by Gasteiger charge is -2.30. The maximum absolute atomic E-state index is 12.3. The van der Waals surface area contributed by atoms with Crippen molar-refractivity contribution < 1.29 is 72.3 Å². The van der Waals surface area contributed by atoms with Crippen LogP contribution in [0.3, 0.4) is 0 Å². The van der Waals surface area contributed by atoms with E-state index in [1.54, 1.807) is 26.4 Å². The zero-order valence-corrected chi connectivity index (χ0v) is 36.8. The summed E-state index contributed by atoms with van der Waals surface area (Å²) >= 11 is 0. The Bertz CT molecular complexity index is 2270. The molecule has 334 valence electrons. The monoisotopic (exact) mass is 900 g/mol. The van der Waals surface area contributed by atoms with Crippen molar-refractivity contribution in [1.29, 1.82) is 0 Å². The number of anilines is 1. The van der Waals surface area contributed by atoms with E-state index in [0.29, 0.717) is 80.2 Å². The summed E-state index contributed by atoms with van der Waals surface area (Å²) in [5.41, 5.74) is 1.81. The van der Waals surface area contributed by atoms with Gasteiger partial charge in [-0.05, 0) is 87.9 Å². The van der Waals surface area contributed by atoms with Crippen molar-refractivity contribution in [2.45, 2.75) is 79.4 Å². The van der Waals surface area contributed by atoms with Crippen LogP contribution < -0.4 is 4.90 Å². The van der Waals surface area contributed by atoms with Crippen LogP contribution in [-0.4, -0.2) is 133 Å². The molecule has 2 atom stereocenters. The van der Waals surface area contributed by atoms with Crippen LogP contribution in [0.4, 0.5) is 11.4 Å². The van der Waals surface area contributed by atoms with Crippen LogP contribution in [0.1, 0.15) is 69.9 Å². The second-order valence-corrected chi connectivity index (χ2v) is 19.5. The van der Waals surface area contributed by atoms with Crippen molar-refractivity contribution in [2.24, 2.45) is 0 Å². The van der Waals surface area contributed by atoms with Gasteiger partial charge in [-0.25, -0.2) is 8.42 Å². The molecule has 0 saturated heterocycles. The van der Waals surface area contributed by atoms with Gasteiger partial charge < -0.3 is 33.5 Å². The summed E-state index contributed by atoms with van der Waals surface area (Å²) in [6, 6.07) is 8.46. The zero-order valence-electron chi connectivity index (χ0n) is 34.4. The average molecular weight is 901 g/mol. The molecule has 0 bridgehead atoms. The number of benzene rings is 2. The first kappa shape index (κ1) is 49.1. The Morgan fingerprint density at radius 3 is 2.08 bits per heavy atom. The van der Waals surface area contributed by atoms with Gasteiger partial charge in [-0.1, -0.05) is 6.08 Å². The third-order valence-electron chi connectivity index (χ3n) is 10.9. The molecule has 0 spiro atoms. The topological polar surface area (TPSA) is 246 Å². The first-order valence-electron chi connectivity index (χ1n) is 19.5. The van der Waals surface area contributed by atoms with Gasteiger partial charge in [0.2, 0.25) is 5.69 Å². The van der Waals surface area contributed by atoms with E-state index in [1.165, 1.54) is 30.3 Å². The first-order valence-corrected chi connectivity index (χ1v) is 24.0. The molecule has 3 N–H and O–H groups in total. The van der Waals surface area contributed by atoms with Gasteiger partial charge in [0.05, 0.1) is 54.0 Å². The van der Waals surface area contributed by atoms with Gasteiger partial charge in [-0.15, -0.1) is 0 Å². The average Bonchev–Trinajstić information content (AvgIpc) is 3.53. The first-order chi connectivity index (χ1) is 28.2. The number of aliphatic carboxylic acids is 1. The lowest BCUT2D eigenvalue weighted by Crippen LogP contribution is -2.33. The molecule has 0 saturated carbocycles. The largest absolute Gasteiger partial charge is 0.744 e. The van der Waals surface area contributed by atoms with Crippen LogP contribution in [0, 0.1) is 0 Å². The molecule has 0 fully saturated rings. The summed E-state index contributed by atoms with van der Waals surface area (Å²) in [4.78, 5) is 12.4. The highest BCUT2D eigenvalue weighted by atomic mass is 32.2. The fourth-order valence-electron chi connectivity index (χ4n) is 7.87. The fourth-order valence-corrected chi connectivity index (χ4v) is 9.39. The number of hydrogen-bond donors (Lipinski definition) is 3. The van der Waals surface area contributed by atoms with Crippen molar-refractivity contribution in [3.63, 3.8) is 0 Å². The molecule has 0 radical (unpaired) electrons. The summed E-state index contributed by atoms with van der Waals surface area (Å²) in [6.07, 6.45) is 7.67. The number of methoxy groups -OCH3 is 2. The molecular formula is C40H56N2O15S3. The van der Waals surface area contributed by atoms with Gasteiger partial charge in [0.1, 0.15) is 16.7 Å². The van der Waals surface area contributed by atoms with Crippen molar-refractivity contribution in [3.05, 3.63) is 71.5 Å². The Balaban J connectivity index is 1.86. The van der Waals surface area contributed by atoms with E-state index < -0.39 is 57.8 Å². The highest BCUT2D eigenvalue weighted by Gasteiger charge is 2.48. The van der Waals surface area contributed by atoms with E-state index in [4.69, 9.17) is 18.9 Å². The number of carboxylic acid groups (broad SMARTS) is 1. The number of allylic oxidation sites excluding steroid dienone is 4. The third-order valence-corrected chi connectivity index (χ3v) is 13.4. The normalized spacial score (nSPS) is 20.1. The van der Waals surface area contributed by atoms with E-state index >= 15 is 0 Å². The van der Waals surface area contributed by atoms with Crippen LogP contribution >= 0.6 is 0 Å². The lowest BCUT2D eigenvalue weighted by molar-refractivity contribution is -0.438. The van der Waals surface area contributed by atoms with E-state index in [2.05, 4.69) is 0 Å². The fraction of sp³-hybridized carbons (Fsp3) is 0.550. The van der Waals surface area contributed by atoms with Crippen molar-refractivity contribution >= 4 is 53.4 Å². The highest BCUT2D eigenvalue weighted by Crippen LogP contribution is 2.51. The molecule has 0 aromatic heterocycles. The summed E-state index contributed by atoms with van der Waals surface area (Å²) in [6.45, 7) is 6.34. The Kier molecular flexibility index (Phi) is 17.2. The molecule has 0 amide bonds. The second kappa shape index (κ2) is 21.0. The minimum atomic E-state index is -4.88. The molecule has 2 heterocycles. The Labute approximate surface area is 352 Å². The van der Waals surface area contributed by atoms with Crippen molar-refractivity contribution in [1.82, 2.24) is 0 Å². The molecule has 17 nitrogen and oxygen atoms in total. The number of carboxylic acids is 1. The number of unbranched alkanes of at least 4 members (excludes halogenated alkanes) is 2. The van der Waals surface area contributed by atoms with Gasteiger partial charge >= 0.3 is 5.97 Å². The maximum atomic E-state index is 12.3. The van der Waals surface area contributed by atoms with Gasteiger partial charge in [-0.2, -0.15) is 21.4 Å². The Morgan fingerprint density at radius 1 is 0.800 bits per heavy atom. The highest BCUT2D eigenvalue weighted by molar-refractivity contribution is 7.86. The molecule has 2 aliphatic heterocycles. The predicted octanol–water partition coefficient (Wildman–Crippen LogP) is 4.44. The van der Waals surface area contributed by atoms with Gasteiger partial charge in [0.15, 0.2) is 5.71 Å². The number of nitrogens with zero attached hydrogens (tertiary/aromatic N) is 2. The number of carbonyl (C=O) groups is 1. The molecule has 4 rings (SSSR count). The quantitative estimate of drug-likeness (QED) is 0.0671. The van der Waals surface area contributed by atoms with Gasteiger partial charge in [0, 0.05) is 74.7 Å². The molecule has 2 aliphatic rings. The summed E-state index contributed by atoms with van der Waals surface area (Å²) in [5.74, 6) is -1.46. The maximum Gasteiger partial charge on any atom is 0.303 e. The molecule has 0 aliphatic carbocycles. The standard InChI is InChI=1S/C40H56N2O15S3/c1-39(17-9-27-58(45,46)47)32-28-30(59(48,49)50)14-16-35(32)42(20-22-56-25-26-57-24-23-55-4)36(39)10-8-11-37-40(2,18-21-54-3)33-29-31(60(51,52)53)13-15-34(33)41(37)19-7-5-6-12-38(43)44/h8,10-11,13-16,28-29H,5-7,9,12,17-27H2,1-4H3,(H3-,43,44,45,46,47,48,49,50,51,52,53). The van der Waals surface area contributed by atoms with Crippen LogP contribution in [0.15, 0.2) is 70.1 Å². The predicted molar refractivity (Wildman–Crippen MR) is 221 cm³/mol. The van der Waals surface area contributed by atoms with Crippen molar-refractivity contribution in [3.8, 4) is 0 Å². The number of ether oxygens (including phenoxy) is 4. The number of rotatable bonds is 26. The molecular weight excluding hydrogens is 845 g/mol. The Morgan fingerprint density at radius 2 is 1.45 bits per heavy atom. The molecule has 20 heteroatoms. The number of hydrogen-bond acceptors (Lipinski definition) is 13.